The summed E-state index contributed by atoms with van der Waals surface area (Å²) in [5.41, 5.74) is 0.171. The Morgan fingerprint density at radius 2 is 1.90 bits per heavy atom. The Bertz CT molecular complexity index is 309. The van der Waals surface area contributed by atoms with Crippen LogP contribution >= 0.6 is 0 Å². The first-order chi connectivity index (χ1) is 9.15. The van der Waals surface area contributed by atoms with Crippen LogP contribution in [0.4, 0.5) is 0 Å². The zero-order chi connectivity index (χ0) is 15.8. The minimum absolute atomic E-state index is 0.171. The Hall–Kier alpha value is -1.10. The molecule has 0 heterocycles. The van der Waals surface area contributed by atoms with Crippen LogP contribution < -0.4 is 5.32 Å². The lowest BCUT2D eigenvalue weighted by molar-refractivity contribution is -0.142. The highest BCUT2D eigenvalue weighted by atomic mass is 16.5. The predicted octanol–water partition coefficient (Wildman–Crippen LogP) is 2.44. The van der Waals surface area contributed by atoms with E-state index in [1.807, 2.05) is 6.92 Å². The summed E-state index contributed by atoms with van der Waals surface area (Å²) in [6, 6.07) is -0.820. The van der Waals surface area contributed by atoms with Crippen LogP contribution in [0.25, 0.3) is 0 Å². The molecule has 0 aromatic carbocycles. The van der Waals surface area contributed by atoms with Gasteiger partial charge in [0.25, 0.3) is 0 Å². The Kier molecular flexibility index (Phi) is 8.46. The van der Waals surface area contributed by atoms with Crippen LogP contribution in [-0.4, -0.2) is 36.7 Å². The summed E-state index contributed by atoms with van der Waals surface area (Å²) in [4.78, 5) is 23.0. The summed E-state index contributed by atoms with van der Waals surface area (Å²) >= 11 is 0. The quantitative estimate of drug-likeness (QED) is 0.639. The van der Waals surface area contributed by atoms with Gasteiger partial charge in [-0.25, -0.2) is 4.79 Å². The monoisotopic (exact) mass is 287 g/mol. The van der Waals surface area contributed by atoms with Crippen molar-refractivity contribution >= 4 is 11.9 Å². The molecule has 0 spiro atoms. The molecule has 0 aliphatic carbocycles. The molecule has 0 bridgehead atoms. The van der Waals surface area contributed by atoms with E-state index in [0.717, 1.165) is 6.42 Å². The van der Waals surface area contributed by atoms with Crippen LogP contribution in [-0.2, 0) is 14.3 Å². The maximum absolute atomic E-state index is 11.9. The van der Waals surface area contributed by atoms with Crippen LogP contribution in [0.5, 0.6) is 0 Å². The number of amides is 1. The summed E-state index contributed by atoms with van der Waals surface area (Å²) < 4.78 is 4.89. The molecule has 0 aromatic heterocycles. The van der Waals surface area contributed by atoms with Crippen molar-refractivity contribution in [3.63, 3.8) is 0 Å². The van der Waals surface area contributed by atoms with Crippen LogP contribution in [0, 0.1) is 11.3 Å². The molecule has 0 saturated heterocycles. The van der Waals surface area contributed by atoms with Gasteiger partial charge in [0, 0.05) is 20.1 Å². The number of carboxylic acids is 1. The molecule has 5 nitrogen and oxygen atoms in total. The molecular formula is C15H29NO4. The molecule has 0 aliphatic heterocycles. The Labute approximate surface area is 122 Å². The third-order valence-corrected chi connectivity index (χ3v) is 2.97. The number of hydrogen-bond acceptors (Lipinski definition) is 3. The molecule has 0 rings (SSSR count). The molecule has 20 heavy (non-hydrogen) atoms. The molecular weight excluding hydrogens is 258 g/mol. The van der Waals surface area contributed by atoms with E-state index in [9.17, 15) is 9.59 Å². The summed E-state index contributed by atoms with van der Waals surface area (Å²) in [5, 5.41) is 11.7. The van der Waals surface area contributed by atoms with Gasteiger partial charge in [0.1, 0.15) is 6.04 Å². The normalized spacial score (nSPS) is 14.7. The summed E-state index contributed by atoms with van der Waals surface area (Å²) in [7, 11) is 1.57. The lowest BCUT2D eigenvalue weighted by Crippen LogP contribution is -2.41. The molecule has 0 radical (unpaired) electrons. The van der Waals surface area contributed by atoms with Gasteiger partial charge in [0.15, 0.2) is 0 Å². The van der Waals surface area contributed by atoms with E-state index in [0.29, 0.717) is 25.9 Å². The first kappa shape index (κ1) is 18.9. The maximum atomic E-state index is 11.9. The molecule has 0 aromatic rings. The van der Waals surface area contributed by atoms with Gasteiger partial charge in [0.05, 0.1) is 0 Å². The fraction of sp³-hybridized carbons (Fsp3) is 0.867. The van der Waals surface area contributed by atoms with Crippen LogP contribution in [0.15, 0.2) is 0 Å². The second-order valence-electron chi connectivity index (χ2n) is 6.67. The van der Waals surface area contributed by atoms with Crippen molar-refractivity contribution in [2.45, 2.75) is 59.4 Å². The summed E-state index contributed by atoms with van der Waals surface area (Å²) in [6.07, 6.45) is 2.31. The first-order valence-electron chi connectivity index (χ1n) is 7.17. The van der Waals surface area contributed by atoms with Gasteiger partial charge in [-0.2, -0.15) is 0 Å². The Balaban J connectivity index is 4.22. The molecule has 2 atom stereocenters. The molecule has 0 aliphatic rings. The zero-order valence-electron chi connectivity index (χ0n) is 13.4. The highest BCUT2D eigenvalue weighted by molar-refractivity contribution is 5.83. The van der Waals surface area contributed by atoms with Gasteiger partial charge in [-0.3, -0.25) is 4.79 Å². The zero-order valence-corrected chi connectivity index (χ0v) is 13.4. The minimum Gasteiger partial charge on any atom is -0.480 e. The molecule has 1 amide bonds. The number of carboxylic acid groups (broad SMARTS) is 1. The van der Waals surface area contributed by atoms with Crippen LogP contribution in [0.3, 0.4) is 0 Å². The molecule has 118 valence electrons. The predicted molar refractivity (Wildman–Crippen MR) is 78.5 cm³/mol. The van der Waals surface area contributed by atoms with Crippen molar-refractivity contribution in [3.8, 4) is 0 Å². The maximum Gasteiger partial charge on any atom is 0.326 e. The third kappa shape index (κ3) is 9.78. The summed E-state index contributed by atoms with van der Waals surface area (Å²) in [5.74, 6) is -0.937. The second-order valence-corrected chi connectivity index (χ2v) is 6.67. The average molecular weight is 287 g/mol. The van der Waals surface area contributed by atoms with E-state index >= 15 is 0 Å². The van der Waals surface area contributed by atoms with E-state index in [4.69, 9.17) is 9.84 Å². The largest absolute Gasteiger partial charge is 0.480 e. The highest BCUT2D eigenvalue weighted by Gasteiger charge is 2.22. The average Bonchev–Trinajstić information content (AvgIpc) is 2.24. The number of carbonyl (C=O) groups excluding carboxylic acids is 1. The number of methoxy groups -OCH3 is 1. The van der Waals surface area contributed by atoms with Crippen molar-refractivity contribution in [1.82, 2.24) is 5.32 Å². The van der Waals surface area contributed by atoms with Crippen molar-refractivity contribution in [2.75, 3.05) is 13.7 Å². The first-order valence-corrected chi connectivity index (χ1v) is 7.17. The highest BCUT2D eigenvalue weighted by Crippen LogP contribution is 2.25. The van der Waals surface area contributed by atoms with Crippen molar-refractivity contribution in [3.05, 3.63) is 0 Å². The number of hydrogen-bond donors (Lipinski definition) is 2. The molecule has 2 N–H and O–H groups in total. The van der Waals surface area contributed by atoms with Crippen molar-refractivity contribution < 1.29 is 19.4 Å². The van der Waals surface area contributed by atoms with Gasteiger partial charge < -0.3 is 15.2 Å². The van der Waals surface area contributed by atoms with E-state index in [1.54, 1.807) is 7.11 Å². The van der Waals surface area contributed by atoms with Gasteiger partial charge in [-0.1, -0.05) is 27.7 Å². The number of rotatable bonds is 9. The van der Waals surface area contributed by atoms with Crippen LogP contribution in [0.2, 0.25) is 0 Å². The lowest BCUT2D eigenvalue weighted by Gasteiger charge is -2.23. The Morgan fingerprint density at radius 3 is 2.35 bits per heavy atom. The fourth-order valence-electron chi connectivity index (χ4n) is 2.38. The van der Waals surface area contributed by atoms with Crippen molar-refractivity contribution in [2.24, 2.45) is 11.3 Å². The number of carbonyl (C=O) groups is 2. The summed E-state index contributed by atoms with van der Waals surface area (Å²) in [6.45, 7) is 8.91. The topological polar surface area (TPSA) is 75.6 Å². The Morgan fingerprint density at radius 1 is 1.30 bits per heavy atom. The van der Waals surface area contributed by atoms with E-state index in [2.05, 4.69) is 26.1 Å². The van der Waals surface area contributed by atoms with E-state index in [1.165, 1.54) is 0 Å². The molecule has 2 unspecified atom stereocenters. The van der Waals surface area contributed by atoms with Gasteiger partial charge >= 0.3 is 5.97 Å². The van der Waals surface area contributed by atoms with Crippen LogP contribution in [0.1, 0.15) is 53.4 Å². The third-order valence-electron chi connectivity index (χ3n) is 2.97. The number of nitrogens with one attached hydrogen (secondary N) is 1. The molecule has 0 saturated carbocycles. The van der Waals surface area contributed by atoms with Crippen molar-refractivity contribution in [1.29, 1.82) is 0 Å². The fourth-order valence-corrected chi connectivity index (χ4v) is 2.38. The lowest BCUT2D eigenvalue weighted by atomic mass is 9.84. The van der Waals surface area contributed by atoms with Gasteiger partial charge in [0.2, 0.25) is 5.91 Å². The van der Waals surface area contributed by atoms with E-state index < -0.39 is 12.0 Å². The van der Waals surface area contributed by atoms with Gasteiger partial charge in [-0.05, 0) is 30.6 Å². The van der Waals surface area contributed by atoms with Gasteiger partial charge in [-0.15, -0.1) is 0 Å². The number of ether oxygens (including phenoxy) is 1. The molecule has 5 heteroatoms. The SMILES string of the molecule is COCCCC(NC(=O)CC(C)CC(C)(C)C)C(=O)O. The number of aliphatic carboxylic acids is 1. The smallest absolute Gasteiger partial charge is 0.326 e. The minimum atomic E-state index is -0.988. The second kappa shape index (κ2) is 8.95. The standard InChI is InChI=1S/C15H29NO4/c1-11(10-15(2,3)4)9-13(17)16-12(14(18)19)7-6-8-20-5/h11-12H,6-10H2,1-5H3,(H,16,17)(H,18,19). The van der Waals surface area contributed by atoms with E-state index in [-0.39, 0.29) is 17.2 Å². The molecule has 0 fully saturated rings.